The number of benzene rings is 1. The lowest BCUT2D eigenvalue weighted by Crippen LogP contribution is -2.31. The molecule has 0 saturated heterocycles. The second kappa shape index (κ2) is 6.53. The molecule has 8 heteroatoms. The van der Waals surface area contributed by atoms with Crippen LogP contribution < -0.4 is 5.32 Å². The highest BCUT2D eigenvalue weighted by Crippen LogP contribution is 2.22. The number of nitrogens with zero attached hydrogens (tertiary/aromatic N) is 4. The fraction of sp³-hybridized carbons (Fsp3) is 0.188. The molecule has 0 aliphatic carbocycles. The fourth-order valence-electron chi connectivity index (χ4n) is 2.14. The Morgan fingerprint density at radius 3 is 2.62 bits per heavy atom. The summed E-state index contributed by atoms with van der Waals surface area (Å²) in [4.78, 5) is 24.5. The Kier molecular flexibility index (Phi) is 4.28. The Hall–Kier alpha value is -3.16. The molecule has 122 valence electrons. The standard InChI is InChI=1S/C16H14FN5O2/c1-9-7-19-13(8-18-9)16(23)21-14(15-20-10(2)24-22-15)11-5-3-4-6-12(11)17/h3-8,14H,1-2H3,(H,21,23)/t14-/m0/s1. The average molecular weight is 327 g/mol. The molecule has 7 nitrogen and oxygen atoms in total. The SMILES string of the molecule is Cc1cnc(C(=O)N[C@H](c2noc(C)n2)c2ccccc2F)cn1. The highest BCUT2D eigenvalue weighted by Gasteiger charge is 2.25. The van der Waals surface area contributed by atoms with Crippen LogP contribution in [0.15, 0.2) is 41.2 Å². The first-order chi connectivity index (χ1) is 11.5. The van der Waals surface area contributed by atoms with Crippen molar-refractivity contribution in [2.75, 3.05) is 0 Å². The van der Waals surface area contributed by atoms with Crippen molar-refractivity contribution in [3.63, 3.8) is 0 Å². The number of nitrogens with one attached hydrogen (secondary N) is 1. The Labute approximate surface area is 137 Å². The van der Waals surface area contributed by atoms with Gasteiger partial charge < -0.3 is 9.84 Å². The van der Waals surface area contributed by atoms with Crippen molar-refractivity contribution in [1.29, 1.82) is 0 Å². The van der Waals surface area contributed by atoms with Gasteiger partial charge in [-0.1, -0.05) is 23.4 Å². The fourth-order valence-corrected chi connectivity index (χ4v) is 2.14. The van der Waals surface area contributed by atoms with Gasteiger partial charge in [0.2, 0.25) is 5.89 Å². The van der Waals surface area contributed by atoms with Crippen molar-refractivity contribution in [2.24, 2.45) is 0 Å². The Balaban J connectivity index is 1.95. The number of amides is 1. The normalized spacial score (nSPS) is 12.0. The largest absolute Gasteiger partial charge is 0.340 e. The Bertz CT molecular complexity index is 863. The molecule has 0 unspecified atom stereocenters. The van der Waals surface area contributed by atoms with Crippen LogP contribution in [-0.2, 0) is 0 Å². The third kappa shape index (κ3) is 3.27. The third-order valence-electron chi connectivity index (χ3n) is 3.31. The highest BCUT2D eigenvalue weighted by atomic mass is 19.1. The summed E-state index contributed by atoms with van der Waals surface area (Å²) in [5, 5.41) is 6.46. The van der Waals surface area contributed by atoms with Crippen LogP contribution in [0.3, 0.4) is 0 Å². The van der Waals surface area contributed by atoms with Gasteiger partial charge in [0.15, 0.2) is 5.82 Å². The number of halogens is 1. The van der Waals surface area contributed by atoms with Gasteiger partial charge in [-0.05, 0) is 13.0 Å². The van der Waals surface area contributed by atoms with Gasteiger partial charge in [-0.2, -0.15) is 4.98 Å². The van der Waals surface area contributed by atoms with E-state index in [4.69, 9.17) is 4.52 Å². The average Bonchev–Trinajstić information content (AvgIpc) is 3.00. The van der Waals surface area contributed by atoms with Gasteiger partial charge in [0.05, 0.1) is 11.9 Å². The van der Waals surface area contributed by atoms with Gasteiger partial charge in [0.25, 0.3) is 5.91 Å². The smallest absolute Gasteiger partial charge is 0.272 e. The van der Waals surface area contributed by atoms with Crippen molar-refractivity contribution in [2.45, 2.75) is 19.9 Å². The zero-order chi connectivity index (χ0) is 17.1. The summed E-state index contributed by atoms with van der Waals surface area (Å²) in [6.07, 6.45) is 2.83. The van der Waals surface area contributed by atoms with E-state index in [0.717, 1.165) is 0 Å². The molecule has 0 spiro atoms. The Morgan fingerprint density at radius 2 is 2.00 bits per heavy atom. The summed E-state index contributed by atoms with van der Waals surface area (Å²) in [5.74, 6) is -0.528. The molecule has 3 aromatic rings. The van der Waals surface area contributed by atoms with E-state index in [1.807, 2.05) is 0 Å². The number of carbonyl (C=O) groups excluding carboxylic acids is 1. The van der Waals surface area contributed by atoms with Gasteiger partial charge in [0.1, 0.15) is 17.6 Å². The number of hydrogen-bond donors (Lipinski definition) is 1. The maximum absolute atomic E-state index is 14.2. The maximum Gasteiger partial charge on any atom is 0.272 e. The number of rotatable bonds is 4. The van der Waals surface area contributed by atoms with Crippen LogP contribution in [0.25, 0.3) is 0 Å². The second-order valence-corrected chi connectivity index (χ2v) is 5.14. The summed E-state index contributed by atoms with van der Waals surface area (Å²) in [6.45, 7) is 3.38. The van der Waals surface area contributed by atoms with Crippen LogP contribution in [0.5, 0.6) is 0 Å². The van der Waals surface area contributed by atoms with E-state index in [1.54, 1.807) is 32.0 Å². The number of hydrogen-bond acceptors (Lipinski definition) is 6. The van der Waals surface area contributed by atoms with E-state index < -0.39 is 17.8 Å². The zero-order valence-corrected chi connectivity index (χ0v) is 13.0. The minimum atomic E-state index is -0.903. The number of carbonyl (C=O) groups is 1. The van der Waals surface area contributed by atoms with Crippen molar-refractivity contribution in [1.82, 2.24) is 25.4 Å². The topological polar surface area (TPSA) is 93.8 Å². The first-order valence-corrected chi connectivity index (χ1v) is 7.18. The van der Waals surface area contributed by atoms with E-state index >= 15 is 0 Å². The zero-order valence-electron chi connectivity index (χ0n) is 13.0. The van der Waals surface area contributed by atoms with Gasteiger partial charge in [-0.3, -0.25) is 9.78 Å². The van der Waals surface area contributed by atoms with Crippen molar-refractivity contribution in [3.8, 4) is 0 Å². The molecule has 1 atom stereocenters. The summed E-state index contributed by atoms with van der Waals surface area (Å²) >= 11 is 0. The minimum absolute atomic E-state index is 0.113. The van der Waals surface area contributed by atoms with Crippen molar-refractivity contribution >= 4 is 5.91 Å². The molecule has 0 bridgehead atoms. The van der Waals surface area contributed by atoms with Crippen LogP contribution in [-0.4, -0.2) is 26.0 Å². The van der Waals surface area contributed by atoms with E-state index in [-0.39, 0.29) is 17.1 Å². The lowest BCUT2D eigenvalue weighted by Gasteiger charge is -2.16. The molecule has 1 amide bonds. The summed E-state index contributed by atoms with van der Waals surface area (Å²) in [6, 6.07) is 5.17. The predicted molar refractivity (Wildman–Crippen MR) is 81.5 cm³/mol. The lowest BCUT2D eigenvalue weighted by molar-refractivity contribution is 0.0935. The molecule has 0 aliphatic heterocycles. The van der Waals surface area contributed by atoms with Crippen LogP contribution in [0.2, 0.25) is 0 Å². The van der Waals surface area contributed by atoms with Crippen LogP contribution in [0.4, 0.5) is 4.39 Å². The second-order valence-electron chi connectivity index (χ2n) is 5.14. The minimum Gasteiger partial charge on any atom is -0.340 e. The van der Waals surface area contributed by atoms with Crippen LogP contribution in [0, 0.1) is 19.7 Å². The highest BCUT2D eigenvalue weighted by molar-refractivity contribution is 5.92. The Morgan fingerprint density at radius 1 is 1.21 bits per heavy atom. The molecule has 1 N–H and O–H groups in total. The molecule has 3 rings (SSSR count). The maximum atomic E-state index is 14.2. The van der Waals surface area contributed by atoms with Crippen LogP contribution in [0.1, 0.15) is 39.5 Å². The van der Waals surface area contributed by atoms with E-state index in [2.05, 4.69) is 25.4 Å². The van der Waals surface area contributed by atoms with Gasteiger partial charge in [-0.15, -0.1) is 0 Å². The van der Waals surface area contributed by atoms with E-state index in [9.17, 15) is 9.18 Å². The quantitative estimate of drug-likeness (QED) is 0.789. The monoisotopic (exact) mass is 327 g/mol. The predicted octanol–water partition coefficient (Wildman–Crippen LogP) is 2.13. The van der Waals surface area contributed by atoms with E-state index in [1.165, 1.54) is 18.5 Å². The molecule has 1 aromatic carbocycles. The summed E-state index contributed by atoms with van der Waals surface area (Å²) in [7, 11) is 0. The number of aromatic nitrogens is 4. The molecule has 24 heavy (non-hydrogen) atoms. The van der Waals surface area contributed by atoms with Crippen molar-refractivity contribution < 1.29 is 13.7 Å². The molecule has 2 heterocycles. The molecule has 2 aromatic heterocycles. The molecule has 0 radical (unpaired) electrons. The first kappa shape index (κ1) is 15.7. The summed E-state index contributed by atoms with van der Waals surface area (Å²) in [5.41, 5.74) is 1.03. The van der Waals surface area contributed by atoms with Gasteiger partial charge in [0, 0.05) is 18.7 Å². The summed E-state index contributed by atoms with van der Waals surface area (Å²) < 4.78 is 19.1. The third-order valence-corrected chi connectivity index (χ3v) is 3.31. The molecule has 0 aliphatic rings. The molecule has 0 fully saturated rings. The lowest BCUT2D eigenvalue weighted by atomic mass is 10.1. The number of aryl methyl sites for hydroxylation is 2. The van der Waals surface area contributed by atoms with Gasteiger partial charge >= 0.3 is 0 Å². The first-order valence-electron chi connectivity index (χ1n) is 7.18. The van der Waals surface area contributed by atoms with Crippen LogP contribution >= 0.6 is 0 Å². The molecular weight excluding hydrogens is 313 g/mol. The van der Waals surface area contributed by atoms with Crippen molar-refractivity contribution in [3.05, 3.63) is 71.1 Å². The van der Waals surface area contributed by atoms with Gasteiger partial charge in [-0.25, -0.2) is 9.37 Å². The molecular formula is C16H14FN5O2. The van der Waals surface area contributed by atoms with E-state index in [0.29, 0.717) is 11.6 Å². The molecule has 0 saturated carbocycles.